The lowest BCUT2D eigenvalue weighted by molar-refractivity contribution is -0.131. The first-order valence-electron chi connectivity index (χ1n) is 7.48. The van der Waals surface area contributed by atoms with Crippen molar-refractivity contribution in [2.24, 2.45) is 16.6 Å². The van der Waals surface area contributed by atoms with E-state index in [2.05, 4.69) is 24.9 Å². The van der Waals surface area contributed by atoms with Gasteiger partial charge in [0, 0.05) is 0 Å². The Hall–Kier alpha value is -1.84. The average molecular weight is 287 g/mol. The van der Waals surface area contributed by atoms with Crippen molar-refractivity contribution in [3.63, 3.8) is 0 Å². The number of amides is 1. The molecular weight excluding hydrogens is 262 g/mol. The zero-order chi connectivity index (χ0) is 15.8. The van der Waals surface area contributed by atoms with Gasteiger partial charge in [-0.25, -0.2) is 4.99 Å². The topological polar surface area (TPSA) is 58.7 Å². The number of benzene rings is 1. The van der Waals surface area contributed by atoms with Crippen molar-refractivity contribution in [2.45, 2.75) is 52.6 Å². The lowest BCUT2D eigenvalue weighted by atomic mass is 9.84. The van der Waals surface area contributed by atoms with E-state index in [1.165, 1.54) is 5.56 Å². The molecule has 4 nitrogen and oxygen atoms in total. The van der Waals surface area contributed by atoms with Gasteiger partial charge in [-0.1, -0.05) is 43.7 Å². The zero-order valence-electron chi connectivity index (χ0n) is 13.6. The van der Waals surface area contributed by atoms with Gasteiger partial charge in [-0.15, -0.1) is 0 Å². The second-order valence-electron chi connectivity index (χ2n) is 6.51. The Balaban J connectivity index is 2.34. The molecular formula is C17H25N3O. The Kier molecular flexibility index (Phi) is 4.08. The third-order valence-electron chi connectivity index (χ3n) is 4.55. The van der Waals surface area contributed by atoms with Crippen molar-refractivity contribution in [2.75, 3.05) is 0 Å². The van der Waals surface area contributed by atoms with E-state index in [9.17, 15) is 4.79 Å². The third-order valence-corrected chi connectivity index (χ3v) is 4.55. The van der Waals surface area contributed by atoms with Crippen LogP contribution in [0.1, 0.15) is 51.3 Å². The van der Waals surface area contributed by atoms with Gasteiger partial charge >= 0.3 is 0 Å². The molecule has 1 aliphatic heterocycles. The Morgan fingerprint density at radius 1 is 1.33 bits per heavy atom. The van der Waals surface area contributed by atoms with E-state index < -0.39 is 5.54 Å². The zero-order valence-corrected chi connectivity index (χ0v) is 13.6. The summed E-state index contributed by atoms with van der Waals surface area (Å²) in [5.74, 6) is 0.653. The molecule has 0 fully saturated rings. The van der Waals surface area contributed by atoms with Crippen molar-refractivity contribution in [3.05, 3.63) is 35.4 Å². The normalized spacial score (nSPS) is 24.2. The Bertz CT molecular complexity index is 579. The number of rotatable bonds is 3. The van der Waals surface area contributed by atoms with Gasteiger partial charge in [0.15, 0.2) is 5.96 Å². The molecule has 0 aliphatic carbocycles. The summed E-state index contributed by atoms with van der Waals surface area (Å²) in [7, 11) is 0. The third kappa shape index (κ3) is 2.94. The highest BCUT2D eigenvalue weighted by atomic mass is 16.2. The molecule has 1 aromatic carbocycles. The molecule has 0 spiro atoms. The lowest BCUT2D eigenvalue weighted by Crippen LogP contribution is -2.52. The highest BCUT2D eigenvalue weighted by Gasteiger charge is 2.40. The van der Waals surface area contributed by atoms with Crippen molar-refractivity contribution in [3.8, 4) is 0 Å². The fourth-order valence-corrected chi connectivity index (χ4v) is 2.70. The minimum Gasteiger partial charge on any atom is -0.369 e. The highest BCUT2D eigenvalue weighted by Crippen LogP contribution is 2.33. The first kappa shape index (κ1) is 15.5. The molecule has 0 saturated heterocycles. The van der Waals surface area contributed by atoms with Gasteiger partial charge < -0.3 is 5.73 Å². The molecule has 0 radical (unpaired) electrons. The van der Waals surface area contributed by atoms with Crippen molar-refractivity contribution in [1.29, 1.82) is 0 Å². The van der Waals surface area contributed by atoms with Gasteiger partial charge in [0.25, 0.3) is 0 Å². The standard InChI is InChI=1S/C17H25N3O/c1-11(2)17(5)10-15(21)20(16(18)19-17)13(4)14-8-6-7-12(3)9-14/h6-9,11,13H,10H2,1-5H3,(H2,18,19)/t13-,17+/m1/s1. The molecule has 2 rings (SSSR count). The molecule has 0 saturated carbocycles. The molecule has 0 bridgehead atoms. The van der Waals surface area contributed by atoms with E-state index >= 15 is 0 Å². The maximum Gasteiger partial charge on any atom is 0.232 e. The molecule has 2 N–H and O–H groups in total. The molecule has 1 heterocycles. The SMILES string of the molecule is Cc1cccc([C@@H](C)N2C(=O)C[C@@](C)(C(C)C)N=C2N)c1. The van der Waals surface area contributed by atoms with E-state index in [0.717, 1.165) is 5.56 Å². The van der Waals surface area contributed by atoms with Crippen LogP contribution in [-0.4, -0.2) is 22.3 Å². The summed E-state index contributed by atoms with van der Waals surface area (Å²) < 4.78 is 0. The molecule has 1 aromatic rings. The largest absolute Gasteiger partial charge is 0.369 e. The number of aryl methyl sites for hydroxylation is 1. The van der Waals surface area contributed by atoms with Crippen molar-refractivity contribution >= 4 is 11.9 Å². The highest BCUT2D eigenvalue weighted by molar-refractivity contribution is 5.99. The summed E-state index contributed by atoms with van der Waals surface area (Å²) in [6.07, 6.45) is 0.404. The Labute approximate surface area is 127 Å². The second kappa shape index (κ2) is 5.51. The van der Waals surface area contributed by atoms with Crippen LogP contribution in [0.15, 0.2) is 29.3 Å². The van der Waals surface area contributed by atoms with Gasteiger partial charge in [-0.3, -0.25) is 9.69 Å². The second-order valence-corrected chi connectivity index (χ2v) is 6.51. The minimum absolute atomic E-state index is 0.0488. The van der Waals surface area contributed by atoms with Crippen LogP contribution in [0, 0.1) is 12.8 Å². The summed E-state index contributed by atoms with van der Waals surface area (Å²) in [4.78, 5) is 18.8. The van der Waals surface area contributed by atoms with E-state index in [1.54, 1.807) is 4.90 Å². The van der Waals surface area contributed by atoms with Crippen LogP contribution >= 0.6 is 0 Å². The van der Waals surface area contributed by atoms with Gasteiger partial charge in [-0.2, -0.15) is 0 Å². The fourth-order valence-electron chi connectivity index (χ4n) is 2.70. The van der Waals surface area contributed by atoms with Gasteiger partial charge in [0.2, 0.25) is 5.91 Å². The number of aliphatic imine (C=N–C) groups is 1. The van der Waals surface area contributed by atoms with Crippen LogP contribution in [0.5, 0.6) is 0 Å². The molecule has 114 valence electrons. The number of nitrogens with two attached hydrogens (primary N) is 1. The van der Waals surface area contributed by atoms with E-state index in [-0.39, 0.29) is 17.9 Å². The molecule has 0 aromatic heterocycles. The van der Waals surface area contributed by atoms with Crippen LogP contribution in [-0.2, 0) is 4.79 Å². The molecule has 4 heteroatoms. The van der Waals surface area contributed by atoms with Gasteiger partial charge in [-0.05, 0) is 32.3 Å². The quantitative estimate of drug-likeness (QED) is 0.929. The van der Waals surface area contributed by atoms with Crippen LogP contribution in [0.4, 0.5) is 0 Å². The van der Waals surface area contributed by atoms with Crippen molar-refractivity contribution in [1.82, 2.24) is 4.90 Å². The smallest absolute Gasteiger partial charge is 0.232 e. The van der Waals surface area contributed by atoms with E-state index in [1.807, 2.05) is 39.0 Å². The first-order valence-corrected chi connectivity index (χ1v) is 7.48. The summed E-state index contributed by atoms with van der Waals surface area (Å²) >= 11 is 0. The number of hydrogen-bond donors (Lipinski definition) is 1. The predicted molar refractivity (Wildman–Crippen MR) is 85.9 cm³/mol. The molecule has 21 heavy (non-hydrogen) atoms. The molecule has 1 aliphatic rings. The number of carbonyl (C=O) groups excluding carboxylic acids is 1. The van der Waals surface area contributed by atoms with Gasteiger partial charge in [0.05, 0.1) is 18.0 Å². The number of hydrogen-bond acceptors (Lipinski definition) is 3. The number of carbonyl (C=O) groups is 1. The maximum atomic E-state index is 12.6. The maximum absolute atomic E-state index is 12.6. The van der Waals surface area contributed by atoms with Crippen LogP contribution in [0.2, 0.25) is 0 Å². The van der Waals surface area contributed by atoms with Crippen LogP contribution in [0.3, 0.4) is 0 Å². The summed E-state index contributed by atoms with van der Waals surface area (Å²) in [5.41, 5.74) is 7.97. The summed E-state index contributed by atoms with van der Waals surface area (Å²) in [5, 5.41) is 0. The van der Waals surface area contributed by atoms with E-state index in [4.69, 9.17) is 5.73 Å². The number of nitrogens with zero attached hydrogens (tertiary/aromatic N) is 2. The van der Waals surface area contributed by atoms with Gasteiger partial charge in [0.1, 0.15) is 0 Å². The molecule has 1 amide bonds. The molecule has 2 atom stereocenters. The lowest BCUT2D eigenvalue weighted by Gasteiger charge is -2.40. The van der Waals surface area contributed by atoms with Crippen LogP contribution in [0.25, 0.3) is 0 Å². The summed E-state index contributed by atoms with van der Waals surface area (Å²) in [6.45, 7) is 10.2. The monoisotopic (exact) mass is 287 g/mol. The average Bonchev–Trinajstić information content (AvgIpc) is 2.37. The summed E-state index contributed by atoms with van der Waals surface area (Å²) in [6, 6.07) is 8.05. The van der Waals surface area contributed by atoms with Crippen molar-refractivity contribution < 1.29 is 4.79 Å². The number of guanidine groups is 1. The predicted octanol–water partition coefficient (Wildman–Crippen LogP) is 3.02. The Morgan fingerprint density at radius 3 is 2.52 bits per heavy atom. The Morgan fingerprint density at radius 2 is 2.00 bits per heavy atom. The first-order chi connectivity index (χ1) is 9.74. The minimum atomic E-state index is -0.399. The van der Waals surface area contributed by atoms with Crippen LogP contribution < -0.4 is 5.73 Å². The molecule has 0 unspecified atom stereocenters. The van der Waals surface area contributed by atoms with E-state index in [0.29, 0.717) is 12.4 Å². The fraction of sp³-hybridized carbons (Fsp3) is 0.529.